The van der Waals surface area contributed by atoms with Crippen LogP contribution in [0, 0.1) is 31.6 Å². The van der Waals surface area contributed by atoms with Crippen LogP contribution in [0.2, 0.25) is 0 Å². The van der Waals surface area contributed by atoms with Crippen LogP contribution in [0.25, 0.3) is 0 Å². The van der Waals surface area contributed by atoms with Crippen molar-refractivity contribution < 1.29 is 19.5 Å². The Hall–Kier alpha value is -2.58. The number of anilines is 1. The first-order chi connectivity index (χ1) is 18.2. The van der Waals surface area contributed by atoms with E-state index in [9.17, 15) is 19.5 Å². The zero-order valence-corrected chi connectivity index (χ0v) is 23.8. The van der Waals surface area contributed by atoms with E-state index in [2.05, 4.69) is 6.08 Å². The van der Waals surface area contributed by atoms with Crippen LogP contribution in [0.15, 0.2) is 42.5 Å². The van der Waals surface area contributed by atoms with Crippen LogP contribution in [0.4, 0.5) is 5.69 Å². The largest absolute Gasteiger partial charge is 0.394 e. The van der Waals surface area contributed by atoms with Crippen LogP contribution >= 0.6 is 11.8 Å². The maximum Gasteiger partial charge on any atom is 0.251 e. The van der Waals surface area contributed by atoms with Crippen molar-refractivity contribution in [2.24, 2.45) is 17.8 Å². The molecule has 4 aliphatic heterocycles. The molecular weight excluding hydrogens is 498 g/mol. The minimum absolute atomic E-state index is 0.00764. The number of hydrogen-bond acceptors (Lipinski definition) is 5. The number of amides is 3. The van der Waals surface area contributed by atoms with E-state index in [4.69, 9.17) is 0 Å². The standard InChI is InChI=1S/C30H39N3O4S/c1-6-13-31-14-7-9-23-24(27(31)35)25-28(36)33(22(17-34)18(2)3)26-29(37)32(15-8-12-30(25,26)38-23)21-16-19(4)10-11-20(21)5/h7-12,16,18,22-26,34H,6,13-15,17H2,1-5H3/t22-,23+,24-,25-,26?,30-/m0/s1. The van der Waals surface area contributed by atoms with Gasteiger partial charge in [-0.15, -0.1) is 11.8 Å². The quantitative estimate of drug-likeness (QED) is 0.563. The van der Waals surface area contributed by atoms with Crippen LogP contribution in [0.1, 0.15) is 38.3 Å². The third-order valence-corrected chi connectivity index (χ3v) is 10.4. The fraction of sp³-hybridized carbons (Fsp3) is 0.567. The number of fused-ring (bicyclic) bond motifs is 2. The molecule has 204 valence electrons. The summed E-state index contributed by atoms with van der Waals surface area (Å²) in [5, 5.41) is 10.3. The van der Waals surface area contributed by atoms with E-state index in [1.807, 2.05) is 75.9 Å². The lowest BCUT2D eigenvalue weighted by Crippen LogP contribution is -2.57. The van der Waals surface area contributed by atoms with Gasteiger partial charge in [0, 0.05) is 30.6 Å². The third kappa shape index (κ3) is 4.02. The molecule has 0 bridgehead atoms. The summed E-state index contributed by atoms with van der Waals surface area (Å²) < 4.78 is -0.881. The molecule has 1 N–H and O–H groups in total. The molecule has 1 aromatic rings. The van der Waals surface area contributed by atoms with E-state index in [0.29, 0.717) is 19.6 Å². The lowest BCUT2D eigenvalue weighted by Gasteiger charge is -2.40. The first kappa shape index (κ1) is 27.0. The topological polar surface area (TPSA) is 81.2 Å². The normalized spacial score (nSPS) is 31.4. The molecular formula is C30H39N3O4S. The number of nitrogens with zero attached hydrogens (tertiary/aromatic N) is 3. The van der Waals surface area contributed by atoms with Gasteiger partial charge in [-0.3, -0.25) is 14.4 Å². The van der Waals surface area contributed by atoms with Crippen molar-refractivity contribution in [1.29, 1.82) is 0 Å². The molecule has 1 spiro atoms. The van der Waals surface area contributed by atoms with Gasteiger partial charge < -0.3 is 19.8 Å². The highest BCUT2D eigenvalue weighted by Crippen LogP contribution is 2.61. The highest BCUT2D eigenvalue weighted by molar-refractivity contribution is 8.02. The average Bonchev–Trinajstić information content (AvgIpc) is 3.19. The van der Waals surface area contributed by atoms with Gasteiger partial charge in [0.15, 0.2) is 0 Å². The smallest absolute Gasteiger partial charge is 0.251 e. The summed E-state index contributed by atoms with van der Waals surface area (Å²) in [5.74, 6) is -1.61. The van der Waals surface area contributed by atoms with Crippen molar-refractivity contribution in [2.75, 3.05) is 31.1 Å². The monoisotopic (exact) mass is 537 g/mol. The Labute approximate surface area is 229 Å². The second-order valence-corrected chi connectivity index (χ2v) is 12.9. The summed E-state index contributed by atoms with van der Waals surface area (Å²) in [6.45, 7) is 11.3. The van der Waals surface area contributed by atoms with Crippen molar-refractivity contribution in [3.8, 4) is 0 Å². The molecule has 2 fully saturated rings. The molecule has 8 heteroatoms. The van der Waals surface area contributed by atoms with E-state index in [1.54, 1.807) is 21.6 Å². The summed E-state index contributed by atoms with van der Waals surface area (Å²) in [7, 11) is 0. The van der Waals surface area contributed by atoms with Crippen LogP contribution < -0.4 is 4.90 Å². The van der Waals surface area contributed by atoms with E-state index in [1.165, 1.54) is 0 Å². The van der Waals surface area contributed by atoms with Gasteiger partial charge in [0.2, 0.25) is 11.8 Å². The predicted molar refractivity (Wildman–Crippen MR) is 151 cm³/mol. The van der Waals surface area contributed by atoms with Gasteiger partial charge in [-0.2, -0.15) is 0 Å². The average molecular weight is 538 g/mol. The van der Waals surface area contributed by atoms with Crippen molar-refractivity contribution in [3.63, 3.8) is 0 Å². The summed E-state index contributed by atoms with van der Waals surface area (Å²) in [5.41, 5.74) is 2.87. The Morgan fingerprint density at radius 1 is 1.08 bits per heavy atom. The minimum atomic E-state index is -0.881. The van der Waals surface area contributed by atoms with Gasteiger partial charge in [0.1, 0.15) is 6.04 Å². The number of aliphatic hydroxyl groups excluding tert-OH is 1. The number of rotatable bonds is 6. The fourth-order valence-corrected chi connectivity index (χ4v) is 8.80. The van der Waals surface area contributed by atoms with Gasteiger partial charge in [-0.05, 0) is 43.4 Å². The zero-order valence-electron chi connectivity index (χ0n) is 23.0. The first-order valence-corrected chi connectivity index (χ1v) is 14.7. The molecule has 4 heterocycles. The fourth-order valence-electron chi connectivity index (χ4n) is 6.80. The zero-order chi connectivity index (χ0) is 27.4. The van der Waals surface area contributed by atoms with Gasteiger partial charge in [-0.25, -0.2) is 0 Å². The second kappa shape index (κ2) is 10.2. The van der Waals surface area contributed by atoms with Gasteiger partial charge in [0.05, 0.1) is 29.2 Å². The lowest BCUT2D eigenvalue weighted by molar-refractivity contribution is -0.145. The summed E-state index contributed by atoms with van der Waals surface area (Å²) >= 11 is 1.59. The molecule has 1 aromatic carbocycles. The number of carbonyl (C=O) groups excluding carboxylic acids is 3. The van der Waals surface area contributed by atoms with Crippen molar-refractivity contribution >= 4 is 35.2 Å². The Balaban J connectivity index is 1.66. The van der Waals surface area contributed by atoms with Gasteiger partial charge in [0.25, 0.3) is 5.91 Å². The Morgan fingerprint density at radius 2 is 1.84 bits per heavy atom. The highest BCUT2D eigenvalue weighted by Gasteiger charge is 2.72. The summed E-state index contributed by atoms with van der Waals surface area (Å²) in [6.07, 6.45) is 9.00. The van der Waals surface area contributed by atoms with Crippen molar-refractivity contribution in [1.82, 2.24) is 9.80 Å². The molecule has 4 aliphatic rings. The number of thioether (sulfide) groups is 1. The Kier molecular flexibility index (Phi) is 7.24. The number of aliphatic hydroxyl groups is 1. The van der Waals surface area contributed by atoms with E-state index in [0.717, 1.165) is 23.2 Å². The maximum atomic E-state index is 14.6. The Bertz CT molecular complexity index is 1200. The van der Waals surface area contributed by atoms with Gasteiger partial charge in [-0.1, -0.05) is 57.2 Å². The Morgan fingerprint density at radius 3 is 2.53 bits per heavy atom. The van der Waals surface area contributed by atoms with Crippen LogP contribution in [-0.2, 0) is 14.4 Å². The van der Waals surface area contributed by atoms with Crippen LogP contribution in [0.5, 0.6) is 0 Å². The molecule has 5 rings (SSSR count). The van der Waals surface area contributed by atoms with Gasteiger partial charge >= 0.3 is 0 Å². The van der Waals surface area contributed by atoms with Crippen LogP contribution in [-0.4, -0.2) is 80.9 Å². The van der Waals surface area contributed by atoms with Crippen molar-refractivity contribution in [2.45, 2.75) is 63.1 Å². The molecule has 2 saturated heterocycles. The third-order valence-electron chi connectivity index (χ3n) is 8.64. The first-order valence-electron chi connectivity index (χ1n) is 13.8. The summed E-state index contributed by atoms with van der Waals surface area (Å²) in [6, 6.07) is 4.73. The predicted octanol–water partition coefficient (Wildman–Crippen LogP) is 3.33. The minimum Gasteiger partial charge on any atom is -0.394 e. The molecule has 0 aromatic heterocycles. The molecule has 1 unspecified atom stereocenters. The van der Waals surface area contributed by atoms with E-state index in [-0.39, 0.29) is 35.5 Å². The molecule has 0 saturated carbocycles. The number of likely N-dealkylation sites (tertiary alicyclic amines) is 1. The second-order valence-electron chi connectivity index (χ2n) is 11.4. The molecule has 7 nitrogen and oxygen atoms in total. The number of hydrogen-bond donors (Lipinski definition) is 1. The van der Waals surface area contributed by atoms with E-state index < -0.39 is 28.7 Å². The molecule has 38 heavy (non-hydrogen) atoms. The molecule has 0 aliphatic carbocycles. The molecule has 3 amide bonds. The maximum absolute atomic E-state index is 14.6. The SMILES string of the molecule is CCCN1CC=C[C@H]2S[C@]34C=CCN(c5cc(C)ccc5C)C(=O)C3N([C@@H](CO)C(C)C)C(=O)[C@@H]4[C@H]2C1=O. The highest BCUT2D eigenvalue weighted by atomic mass is 32.2. The number of benzene rings is 1. The number of carbonyl (C=O) groups is 3. The molecule has 6 atom stereocenters. The summed E-state index contributed by atoms with van der Waals surface area (Å²) in [4.78, 5) is 48.3. The lowest BCUT2D eigenvalue weighted by atomic mass is 9.78. The number of aryl methyl sites for hydroxylation is 2. The van der Waals surface area contributed by atoms with Crippen molar-refractivity contribution in [3.05, 3.63) is 53.6 Å². The van der Waals surface area contributed by atoms with Crippen LogP contribution in [0.3, 0.4) is 0 Å². The molecule has 0 radical (unpaired) electrons. The van der Waals surface area contributed by atoms with E-state index >= 15 is 0 Å².